The average Bonchev–Trinajstić information content (AvgIpc) is 2.75. The fourth-order valence-corrected chi connectivity index (χ4v) is 2.37. The van der Waals surface area contributed by atoms with E-state index >= 15 is 0 Å². The molecule has 2 aliphatic heterocycles. The van der Waals surface area contributed by atoms with Crippen molar-refractivity contribution in [3.05, 3.63) is 0 Å². The van der Waals surface area contributed by atoms with Crippen LogP contribution in [0.15, 0.2) is 0 Å². The van der Waals surface area contributed by atoms with Crippen molar-refractivity contribution in [1.29, 1.82) is 0 Å². The quantitative estimate of drug-likeness (QED) is 0.627. The highest BCUT2D eigenvalue weighted by Gasteiger charge is 2.41. The van der Waals surface area contributed by atoms with E-state index in [1.807, 2.05) is 6.92 Å². The number of hydrogen-bond acceptors (Lipinski definition) is 3. The largest absolute Gasteiger partial charge is 0.380 e. The first kappa shape index (κ1) is 11.4. The van der Waals surface area contributed by atoms with E-state index in [4.69, 9.17) is 4.74 Å². The Morgan fingerprint density at radius 3 is 3.00 bits per heavy atom. The molecule has 5 heteroatoms. The van der Waals surface area contributed by atoms with Crippen LogP contribution in [0.5, 0.6) is 0 Å². The van der Waals surface area contributed by atoms with Crippen molar-refractivity contribution in [1.82, 2.24) is 9.80 Å². The molecule has 0 aromatic carbocycles. The second-order valence-electron chi connectivity index (χ2n) is 4.20. The molecule has 0 radical (unpaired) electrons. The van der Waals surface area contributed by atoms with Crippen LogP contribution < -0.4 is 0 Å². The lowest BCUT2D eigenvalue weighted by Gasteiger charge is -2.36. The van der Waals surface area contributed by atoms with Crippen LogP contribution in [0.25, 0.3) is 0 Å². The third-order valence-corrected chi connectivity index (χ3v) is 3.21. The first-order valence-electron chi connectivity index (χ1n) is 5.90. The van der Waals surface area contributed by atoms with E-state index in [1.165, 1.54) is 0 Å². The summed E-state index contributed by atoms with van der Waals surface area (Å²) in [5, 5.41) is 0. The number of carbonyl (C=O) groups excluding carboxylic acids is 2. The summed E-state index contributed by atoms with van der Waals surface area (Å²) in [4.78, 5) is 27.1. The maximum absolute atomic E-state index is 12.0. The molecule has 1 unspecified atom stereocenters. The fraction of sp³-hybridized carbons (Fsp3) is 0.818. The number of ether oxygens (including phenoxy) is 1. The Morgan fingerprint density at radius 2 is 2.25 bits per heavy atom. The van der Waals surface area contributed by atoms with Gasteiger partial charge < -0.3 is 14.5 Å². The lowest BCUT2D eigenvalue weighted by Crippen LogP contribution is -2.57. The number of rotatable bonds is 4. The van der Waals surface area contributed by atoms with Crippen LogP contribution in [-0.4, -0.2) is 60.5 Å². The summed E-state index contributed by atoms with van der Waals surface area (Å²) in [6.45, 7) is 4.58. The van der Waals surface area contributed by atoms with Crippen molar-refractivity contribution >= 4 is 11.8 Å². The van der Waals surface area contributed by atoms with Gasteiger partial charge in [0.25, 0.3) is 0 Å². The van der Waals surface area contributed by atoms with E-state index in [-0.39, 0.29) is 24.4 Å². The van der Waals surface area contributed by atoms with Gasteiger partial charge in [-0.25, -0.2) is 0 Å². The summed E-state index contributed by atoms with van der Waals surface area (Å²) in [7, 11) is 0. The van der Waals surface area contributed by atoms with E-state index < -0.39 is 0 Å². The van der Waals surface area contributed by atoms with E-state index in [9.17, 15) is 9.59 Å². The Bertz CT molecular complexity index is 293. The molecule has 90 valence electrons. The summed E-state index contributed by atoms with van der Waals surface area (Å²) >= 11 is 0. The molecule has 5 nitrogen and oxygen atoms in total. The topological polar surface area (TPSA) is 49.9 Å². The van der Waals surface area contributed by atoms with Gasteiger partial charge in [0, 0.05) is 19.7 Å². The molecule has 0 aromatic rings. The predicted molar refractivity (Wildman–Crippen MR) is 57.8 cm³/mol. The Hall–Kier alpha value is -1.10. The van der Waals surface area contributed by atoms with Gasteiger partial charge in [-0.1, -0.05) is 0 Å². The molecule has 0 saturated carbocycles. The molecular weight excluding hydrogens is 208 g/mol. The Morgan fingerprint density at radius 1 is 1.44 bits per heavy atom. The zero-order valence-corrected chi connectivity index (χ0v) is 9.65. The van der Waals surface area contributed by atoms with E-state index in [2.05, 4.69) is 0 Å². The summed E-state index contributed by atoms with van der Waals surface area (Å²) in [6.07, 6.45) is 1.76. The molecule has 2 amide bonds. The molecule has 2 heterocycles. The van der Waals surface area contributed by atoms with Crippen LogP contribution in [0.2, 0.25) is 0 Å². The van der Waals surface area contributed by atoms with Gasteiger partial charge in [-0.3, -0.25) is 9.59 Å². The SMILES string of the molecule is CCOCCN1CC(=O)N2CCCC2C1=O. The first-order chi connectivity index (χ1) is 7.74. The van der Waals surface area contributed by atoms with E-state index in [1.54, 1.807) is 9.80 Å². The van der Waals surface area contributed by atoms with Crippen LogP contribution >= 0.6 is 0 Å². The molecule has 0 bridgehead atoms. The van der Waals surface area contributed by atoms with Crippen LogP contribution in [0, 0.1) is 0 Å². The molecule has 2 aliphatic rings. The third kappa shape index (κ3) is 2.04. The van der Waals surface area contributed by atoms with Gasteiger partial charge in [-0.2, -0.15) is 0 Å². The molecule has 0 N–H and O–H groups in total. The Kier molecular flexibility index (Phi) is 3.43. The zero-order chi connectivity index (χ0) is 11.5. The molecule has 0 aliphatic carbocycles. The molecule has 1 atom stereocenters. The maximum atomic E-state index is 12.0. The number of hydrogen-bond donors (Lipinski definition) is 0. The van der Waals surface area contributed by atoms with Crippen molar-refractivity contribution in [2.45, 2.75) is 25.8 Å². The molecule has 2 saturated heterocycles. The minimum absolute atomic E-state index is 0.0820. The highest BCUT2D eigenvalue weighted by Crippen LogP contribution is 2.23. The average molecular weight is 226 g/mol. The highest BCUT2D eigenvalue weighted by atomic mass is 16.5. The van der Waals surface area contributed by atoms with Gasteiger partial charge in [0.05, 0.1) is 13.2 Å². The molecule has 0 spiro atoms. The monoisotopic (exact) mass is 226 g/mol. The molecule has 0 aromatic heterocycles. The lowest BCUT2D eigenvalue weighted by molar-refractivity contribution is -0.154. The van der Waals surface area contributed by atoms with Crippen molar-refractivity contribution in [3.8, 4) is 0 Å². The second kappa shape index (κ2) is 4.82. The molecule has 2 fully saturated rings. The van der Waals surface area contributed by atoms with Gasteiger partial charge >= 0.3 is 0 Å². The van der Waals surface area contributed by atoms with Gasteiger partial charge in [0.1, 0.15) is 6.04 Å². The van der Waals surface area contributed by atoms with Crippen molar-refractivity contribution in [2.75, 3.05) is 32.8 Å². The van der Waals surface area contributed by atoms with Crippen molar-refractivity contribution in [3.63, 3.8) is 0 Å². The predicted octanol–water partition coefficient (Wildman–Crippen LogP) is -0.144. The van der Waals surface area contributed by atoms with Crippen LogP contribution in [0.4, 0.5) is 0 Å². The molecule has 2 rings (SSSR count). The van der Waals surface area contributed by atoms with Crippen LogP contribution in [0.1, 0.15) is 19.8 Å². The number of nitrogens with zero attached hydrogens (tertiary/aromatic N) is 2. The zero-order valence-electron chi connectivity index (χ0n) is 9.65. The van der Waals surface area contributed by atoms with Crippen LogP contribution in [0.3, 0.4) is 0 Å². The van der Waals surface area contributed by atoms with Gasteiger partial charge in [-0.05, 0) is 19.8 Å². The van der Waals surface area contributed by atoms with E-state index in [0.717, 1.165) is 19.4 Å². The number of fused-ring (bicyclic) bond motifs is 1. The Labute approximate surface area is 95.3 Å². The van der Waals surface area contributed by atoms with Gasteiger partial charge in [0.15, 0.2) is 0 Å². The van der Waals surface area contributed by atoms with Crippen molar-refractivity contribution < 1.29 is 14.3 Å². The molecular formula is C11H18N2O3. The highest BCUT2D eigenvalue weighted by molar-refractivity contribution is 5.95. The summed E-state index contributed by atoms with van der Waals surface area (Å²) < 4.78 is 5.21. The smallest absolute Gasteiger partial charge is 0.245 e. The van der Waals surface area contributed by atoms with Gasteiger partial charge in [0.2, 0.25) is 11.8 Å². The summed E-state index contributed by atoms with van der Waals surface area (Å²) in [6, 6.07) is -0.192. The number of amides is 2. The summed E-state index contributed by atoms with van der Waals surface area (Å²) in [5.74, 6) is 0.176. The minimum Gasteiger partial charge on any atom is -0.380 e. The molecule has 16 heavy (non-hydrogen) atoms. The lowest BCUT2D eigenvalue weighted by atomic mass is 10.1. The first-order valence-corrected chi connectivity index (χ1v) is 5.90. The summed E-state index contributed by atoms with van der Waals surface area (Å²) in [5.41, 5.74) is 0. The van der Waals surface area contributed by atoms with Crippen LogP contribution in [-0.2, 0) is 14.3 Å². The standard InChI is InChI=1S/C11H18N2O3/c1-2-16-7-6-12-8-10(14)13-5-3-4-9(13)11(12)15/h9H,2-8H2,1H3. The fourth-order valence-electron chi connectivity index (χ4n) is 2.37. The van der Waals surface area contributed by atoms with Crippen molar-refractivity contribution in [2.24, 2.45) is 0 Å². The Balaban J connectivity index is 1.94. The second-order valence-corrected chi connectivity index (χ2v) is 4.20. The number of carbonyl (C=O) groups is 2. The maximum Gasteiger partial charge on any atom is 0.245 e. The normalized spacial score (nSPS) is 25.2. The van der Waals surface area contributed by atoms with Gasteiger partial charge in [-0.15, -0.1) is 0 Å². The number of piperazine rings is 1. The minimum atomic E-state index is -0.192. The third-order valence-electron chi connectivity index (χ3n) is 3.21. The van der Waals surface area contributed by atoms with E-state index in [0.29, 0.717) is 19.8 Å².